The van der Waals surface area contributed by atoms with E-state index in [0.717, 1.165) is 38.5 Å². The number of fused-ring (bicyclic) bond motifs is 2. The summed E-state index contributed by atoms with van der Waals surface area (Å²) in [6.07, 6.45) is 5.99. The molecule has 2 aliphatic carbocycles. The molecule has 1 aromatic carbocycles. The van der Waals surface area contributed by atoms with Crippen LogP contribution in [-0.2, 0) is 19.2 Å². The highest BCUT2D eigenvalue weighted by Crippen LogP contribution is 2.65. The van der Waals surface area contributed by atoms with Crippen LogP contribution >= 0.6 is 11.6 Å². The lowest BCUT2D eigenvalue weighted by atomic mass is 9.83. The van der Waals surface area contributed by atoms with Crippen molar-refractivity contribution in [3.8, 4) is 0 Å². The van der Waals surface area contributed by atoms with Crippen LogP contribution in [0.3, 0.4) is 0 Å². The summed E-state index contributed by atoms with van der Waals surface area (Å²) in [6.45, 7) is 5.11. The van der Waals surface area contributed by atoms with Crippen molar-refractivity contribution in [2.45, 2.75) is 83.3 Å². The minimum Gasteiger partial charge on any atom is -0.356 e. The van der Waals surface area contributed by atoms with Crippen LogP contribution in [0.25, 0.3) is 10.9 Å². The van der Waals surface area contributed by atoms with Crippen LogP contribution in [0.4, 0.5) is 4.39 Å². The summed E-state index contributed by atoms with van der Waals surface area (Å²) in [4.78, 5) is 72.1. The minimum atomic E-state index is -0.951. The number of hydrogen-bond donors (Lipinski definition) is 4. The molecule has 4 aliphatic rings. The number of likely N-dealkylation sites (tertiary alicyclic amines) is 1. The van der Waals surface area contributed by atoms with Crippen molar-refractivity contribution in [1.82, 2.24) is 25.8 Å². The average Bonchev–Trinajstić information content (AvgIpc) is 3.42. The summed E-state index contributed by atoms with van der Waals surface area (Å²) >= 11 is 5.94. The molecule has 248 valence electrons. The first-order chi connectivity index (χ1) is 22.0. The van der Waals surface area contributed by atoms with Gasteiger partial charge in [0.1, 0.15) is 23.6 Å². The van der Waals surface area contributed by atoms with Gasteiger partial charge in [0.05, 0.1) is 11.9 Å². The van der Waals surface area contributed by atoms with Crippen molar-refractivity contribution in [2.75, 3.05) is 19.0 Å². The first kappa shape index (κ1) is 32.5. The molecule has 0 radical (unpaired) electrons. The summed E-state index contributed by atoms with van der Waals surface area (Å²) in [5.41, 5.74) is 0.463. The second kappa shape index (κ2) is 13.0. The van der Waals surface area contributed by atoms with Crippen LogP contribution in [0, 0.1) is 34.9 Å². The van der Waals surface area contributed by atoms with Gasteiger partial charge in [0, 0.05) is 29.9 Å². The van der Waals surface area contributed by atoms with E-state index in [-0.39, 0.29) is 58.8 Å². The zero-order chi connectivity index (χ0) is 32.7. The van der Waals surface area contributed by atoms with Gasteiger partial charge in [-0.15, -0.1) is 11.6 Å². The number of rotatable bonds is 10. The lowest BCUT2D eigenvalue weighted by Crippen LogP contribution is -2.59. The number of H-pyrrole nitrogens is 1. The van der Waals surface area contributed by atoms with E-state index in [2.05, 4.69) is 34.8 Å². The van der Waals surface area contributed by atoms with Gasteiger partial charge in [0.25, 0.3) is 5.91 Å². The monoisotopic (exact) mass is 655 g/mol. The Labute approximate surface area is 272 Å². The fraction of sp³-hybridized carbons (Fsp3) is 0.618. The number of piperidine rings is 2. The molecule has 2 saturated heterocycles. The molecule has 12 heteroatoms. The number of carbonyl (C=O) groups excluding carboxylic acids is 5. The van der Waals surface area contributed by atoms with Gasteiger partial charge in [-0.25, -0.2) is 4.39 Å². The van der Waals surface area contributed by atoms with Gasteiger partial charge in [-0.3, -0.25) is 24.0 Å². The molecule has 1 aromatic heterocycles. The summed E-state index contributed by atoms with van der Waals surface area (Å²) in [6, 6.07) is 3.37. The number of Topliss-reactive ketones (excluding diaryl/α,β-unsaturated/α-hetero) is 1. The van der Waals surface area contributed by atoms with Crippen LogP contribution in [-0.4, -0.2) is 76.4 Å². The predicted octanol–water partition coefficient (Wildman–Crippen LogP) is 3.68. The maximum Gasteiger partial charge on any atom is 0.268 e. The third-order valence-electron chi connectivity index (χ3n) is 11.0. The molecule has 6 atom stereocenters. The van der Waals surface area contributed by atoms with Crippen LogP contribution in [0.5, 0.6) is 0 Å². The summed E-state index contributed by atoms with van der Waals surface area (Å²) in [5, 5.41) is 8.97. The van der Waals surface area contributed by atoms with Gasteiger partial charge in [-0.2, -0.15) is 0 Å². The Morgan fingerprint density at radius 1 is 1.09 bits per heavy atom. The molecule has 46 heavy (non-hydrogen) atoms. The molecule has 1 unspecified atom stereocenters. The molecule has 0 bridgehead atoms. The van der Waals surface area contributed by atoms with Gasteiger partial charge in [-0.05, 0) is 73.5 Å². The van der Waals surface area contributed by atoms with E-state index in [1.807, 2.05) is 0 Å². The summed E-state index contributed by atoms with van der Waals surface area (Å²) < 4.78 is 14.4. The van der Waals surface area contributed by atoms with E-state index >= 15 is 0 Å². The van der Waals surface area contributed by atoms with Crippen molar-refractivity contribution in [3.63, 3.8) is 0 Å². The highest BCUT2D eigenvalue weighted by atomic mass is 35.5. The number of halogens is 2. The number of nitrogens with one attached hydrogen (secondary N) is 4. The van der Waals surface area contributed by atoms with E-state index in [9.17, 15) is 28.4 Å². The number of hydrogen-bond acceptors (Lipinski definition) is 5. The average molecular weight is 656 g/mol. The van der Waals surface area contributed by atoms with Crippen molar-refractivity contribution in [1.29, 1.82) is 0 Å². The molecule has 3 heterocycles. The van der Waals surface area contributed by atoms with Crippen molar-refractivity contribution < 1.29 is 28.4 Å². The second-order valence-electron chi connectivity index (χ2n) is 14.1. The molecule has 10 nitrogen and oxygen atoms in total. The van der Waals surface area contributed by atoms with E-state index in [1.165, 1.54) is 12.1 Å². The first-order valence-corrected chi connectivity index (χ1v) is 17.1. The molecule has 4 fully saturated rings. The molecule has 0 spiro atoms. The lowest BCUT2D eigenvalue weighted by molar-refractivity contribution is -0.143. The smallest absolute Gasteiger partial charge is 0.268 e. The summed E-state index contributed by atoms with van der Waals surface area (Å²) in [5.74, 6) is -3.09. The summed E-state index contributed by atoms with van der Waals surface area (Å²) in [7, 11) is 0. The molecule has 2 aromatic rings. The molecule has 6 rings (SSSR count). The molecule has 4 N–H and O–H groups in total. The van der Waals surface area contributed by atoms with E-state index in [4.69, 9.17) is 11.6 Å². The van der Waals surface area contributed by atoms with Gasteiger partial charge in [0.15, 0.2) is 5.78 Å². The maximum atomic E-state index is 14.5. The van der Waals surface area contributed by atoms with Crippen LogP contribution in [0.2, 0.25) is 0 Å². The lowest BCUT2D eigenvalue weighted by Gasteiger charge is -2.37. The third kappa shape index (κ3) is 6.14. The van der Waals surface area contributed by atoms with Gasteiger partial charge in [-0.1, -0.05) is 39.2 Å². The number of benzene rings is 1. The zero-order valence-corrected chi connectivity index (χ0v) is 27.1. The number of alkyl halides is 1. The Balaban J connectivity index is 1.24. The van der Waals surface area contributed by atoms with Crippen LogP contribution in [0.15, 0.2) is 24.3 Å². The standard InChI is InChI=1S/C34H43ClFN5O5/c1-34(2)21-17-41(29(27(21)34)32(45)39-24(26(42)16-35)14-19-10-7-13-37-30(19)43)33(46)28(18-8-4-3-5-9-18)40-31(44)25-15-20-22(36)11-6-12-23(20)38-25/h6,11-12,15,18-19,21,24,27-29,38H,3-5,7-10,13-14,16-17H2,1-2H3,(H,37,43)(H,39,45)(H,40,44)/t19-,21-,24-,27-,28?,29-/m0/s1. The second-order valence-corrected chi connectivity index (χ2v) is 14.4. The largest absolute Gasteiger partial charge is 0.356 e. The molecular formula is C34H43ClFN5O5. The number of aromatic nitrogens is 1. The Morgan fingerprint density at radius 2 is 1.85 bits per heavy atom. The Morgan fingerprint density at radius 3 is 2.54 bits per heavy atom. The zero-order valence-electron chi connectivity index (χ0n) is 26.4. The van der Waals surface area contributed by atoms with Crippen molar-refractivity contribution >= 4 is 51.9 Å². The molecule has 2 aliphatic heterocycles. The fourth-order valence-corrected chi connectivity index (χ4v) is 8.45. The Hall–Kier alpha value is -3.47. The highest BCUT2D eigenvalue weighted by Gasteiger charge is 2.69. The maximum absolute atomic E-state index is 14.5. The van der Waals surface area contributed by atoms with Crippen LogP contribution < -0.4 is 16.0 Å². The molecular weight excluding hydrogens is 613 g/mol. The Bertz CT molecular complexity index is 1540. The highest BCUT2D eigenvalue weighted by molar-refractivity contribution is 6.28. The molecule has 4 amide bonds. The minimum absolute atomic E-state index is 0.0953. The topological polar surface area (TPSA) is 140 Å². The van der Waals surface area contributed by atoms with Gasteiger partial charge < -0.3 is 25.8 Å². The van der Waals surface area contributed by atoms with Crippen LogP contribution in [0.1, 0.15) is 75.7 Å². The van der Waals surface area contributed by atoms with Crippen molar-refractivity contribution in [3.05, 3.63) is 35.8 Å². The fourth-order valence-electron chi connectivity index (χ4n) is 8.27. The third-order valence-corrected chi connectivity index (χ3v) is 11.3. The number of aromatic amines is 1. The van der Waals surface area contributed by atoms with Gasteiger partial charge >= 0.3 is 0 Å². The van der Waals surface area contributed by atoms with Crippen molar-refractivity contribution in [2.24, 2.45) is 29.1 Å². The number of amides is 4. The number of nitrogens with zero attached hydrogens (tertiary/aromatic N) is 1. The van der Waals surface area contributed by atoms with E-state index in [0.29, 0.717) is 30.4 Å². The number of ketones is 1. The Kier molecular flexibility index (Phi) is 9.15. The molecule has 2 saturated carbocycles. The van der Waals surface area contributed by atoms with Gasteiger partial charge in [0.2, 0.25) is 17.7 Å². The first-order valence-electron chi connectivity index (χ1n) is 16.6. The normalized spacial score (nSPS) is 27.0. The van der Waals surface area contributed by atoms with E-state index < -0.39 is 41.7 Å². The quantitative estimate of drug-likeness (QED) is 0.289. The van der Waals surface area contributed by atoms with E-state index in [1.54, 1.807) is 17.0 Å². The SMILES string of the molecule is CC1(C)[C@@H]2[C@@H](C(=O)N[C@@H](C[C@@H]3CCCNC3=O)C(=O)CCl)N(C(=O)C(NC(=O)c3cc4c(F)cccc4[nH]3)C3CCCCC3)C[C@@H]21. The predicted molar refractivity (Wildman–Crippen MR) is 170 cm³/mol. The number of carbonyl (C=O) groups is 5.